The number of nitrogens with zero attached hydrogens (tertiary/aromatic N) is 6. The molecule has 0 bridgehead atoms. The summed E-state index contributed by atoms with van der Waals surface area (Å²) in [5, 5.41) is 15.8. The van der Waals surface area contributed by atoms with Crippen molar-refractivity contribution >= 4 is 11.5 Å². The van der Waals surface area contributed by atoms with Gasteiger partial charge in [0.15, 0.2) is 0 Å². The lowest BCUT2D eigenvalue weighted by atomic mass is 10.3. The lowest BCUT2D eigenvalue weighted by molar-refractivity contribution is 0.720. The average Bonchev–Trinajstić information content (AvgIpc) is 3.14. The predicted octanol–water partition coefficient (Wildman–Crippen LogP) is 2.86. The Hall–Kier alpha value is -3.61. The third-order valence-corrected chi connectivity index (χ3v) is 3.32. The van der Waals surface area contributed by atoms with Crippen molar-refractivity contribution < 1.29 is 0 Å². The van der Waals surface area contributed by atoms with Gasteiger partial charge in [-0.1, -0.05) is 18.2 Å². The molecule has 1 N–H and O–H groups in total. The first-order valence-corrected chi connectivity index (χ1v) is 7.38. The quantitative estimate of drug-likeness (QED) is 0.623. The minimum absolute atomic E-state index is 0.485. The molecule has 116 valence electrons. The van der Waals surface area contributed by atoms with Gasteiger partial charge in [0.05, 0.1) is 5.69 Å². The highest BCUT2D eigenvalue weighted by Crippen LogP contribution is 2.18. The van der Waals surface area contributed by atoms with Crippen LogP contribution in [-0.2, 0) is 0 Å². The van der Waals surface area contributed by atoms with Crippen LogP contribution >= 0.6 is 0 Å². The van der Waals surface area contributed by atoms with E-state index in [-0.39, 0.29) is 0 Å². The molecule has 0 aliphatic rings. The van der Waals surface area contributed by atoms with Crippen LogP contribution < -0.4 is 5.32 Å². The number of tetrazole rings is 1. The Morgan fingerprint density at radius 2 is 1.71 bits per heavy atom. The van der Waals surface area contributed by atoms with Crippen LogP contribution in [0.25, 0.3) is 17.2 Å². The van der Waals surface area contributed by atoms with E-state index < -0.39 is 0 Å². The molecular weight excluding hydrogens is 302 g/mol. The minimum atomic E-state index is 0.485. The van der Waals surface area contributed by atoms with Gasteiger partial charge in [0.1, 0.15) is 11.5 Å². The Morgan fingerprint density at radius 3 is 2.50 bits per heavy atom. The first-order valence-electron chi connectivity index (χ1n) is 7.38. The normalized spacial score (nSPS) is 10.5. The van der Waals surface area contributed by atoms with Gasteiger partial charge in [-0.15, -0.1) is 15.0 Å². The first kappa shape index (κ1) is 14.0. The van der Waals surface area contributed by atoms with Crippen molar-refractivity contribution in [1.82, 2.24) is 30.2 Å². The van der Waals surface area contributed by atoms with E-state index >= 15 is 0 Å². The lowest BCUT2D eigenvalue weighted by Gasteiger charge is -2.06. The fraction of sp³-hybridized carbons (Fsp3) is 0. The van der Waals surface area contributed by atoms with Gasteiger partial charge in [0.2, 0.25) is 5.82 Å². The summed E-state index contributed by atoms with van der Waals surface area (Å²) in [7, 11) is 0. The van der Waals surface area contributed by atoms with Crippen molar-refractivity contribution in [1.29, 1.82) is 0 Å². The molecule has 7 heteroatoms. The molecule has 0 atom stereocenters. The Balaban J connectivity index is 1.61. The molecule has 4 rings (SSSR count). The summed E-state index contributed by atoms with van der Waals surface area (Å²) in [5.74, 6) is 1.26. The van der Waals surface area contributed by atoms with E-state index in [0.29, 0.717) is 11.5 Å². The topological polar surface area (TPSA) is 81.4 Å². The highest BCUT2D eigenvalue weighted by atomic mass is 15.6. The zero-order valence-corrected chi connectivity index (χ0v) is 12.6. The van der Waals surface area contributed by atoms with E-state index in [1.807, 2.05) is 60.7 Å². The number of pyridine rings is 2. The van der Waals surface area contributed by atoms with Crippen LogP contribution in [0.1, 0.15) is 0 Å². The van der Waals surface area contributed by atoms with E-state index in [0.717, 1.165) is 17.2 Å². The summed E-state index contributed by atoms with van der Waals surface area (Å²) in [6.45, 7) is 0. The zero-order chi connectivity index (χ0) is 16.2. The molecule has 0 radical (unpaired) electrons. The van der Waals surface area contributed by atoms with Gasteiger partial charge in [-0.3, -0.25) is 4.98 Å². The van der Waals surface area contributed by atoms with Crippen molar-refractivity contribution in [2.75, 3.05) is 5.32 Å². The predicted molar refractivity (Wildman–Crippen MR) is 89.9 cm³/mol. The van der Waals surface area contributed by atoms with Crippen LogP contribution in [0.15, 0.2) is 73.1 Å². The molecule has 0 amide bonds. The number of anilines is 2. The van der Waals surface area contributed by atoms with E-state index in [9.17, 15) is 0 Å². The maximum absolute atomic E-state index is 4.39. The largest absolute Gasteiger partial charge is 0.340 e. The molecular formula is C17H13N7. The molecule has 7 nitrogen and oxygen atoms in total. The van der Waals surface area contributed by atoms with Gasteiger partial charge in [-0.2, -0.15) is 0 Å². The van der Waals surface area contributed by atoms with Crippen molar-refractivity contribution in [2.45, 2.75) is 0 Å². The van der Waals surface area contributed by atoms with E-state index in [1.165, 1.54) is 4.80 Å². The van der Waals surface area contributed by atoms with Crippen molar-refractivity contribution in [3.05, 3.63) is 73.1 Å². The number of hydrogen-bond donors (Lipinski definition) is 1. The summed E-state index contributed by atoms with van der Waals surface area (Å²) in [5.41, 5.74) is 2.38. The van der Waals surface area contributed by atoms with Gasteiger partial charge in [-0.25, -0.2) is 4.98 Å². The standard InChI is InChI=1S/C17H13N7/c1-3-10-18-15(8-1)17-21-23-24(22-17)14-7-5-6-13(12-14)20-16-9-2-4-11-19-16/h1-12H,(H,19,20). The second-order valence-corrected chi connectivity index (χ2v) is 5.01. The van der Waals surface area contributed by atoms with Crippen LogP contribution in [0.5, 0.6) is 0 Å². The molecule has 4 aromatic rings. The monoisotopic (exact) mass is 315 g/mol. The Morgan fingerprint density at radius 1 is 0.833 bits per heavy atom. The summed E-state index contributed by atoms with van der Waals surface area (Å²) in [4.78, 5) is 9.96. The summed E-state index contributed by atoms with van der Waals surface area (Å²) in [6, 6.07) is 19.0. The molecule has 0 spiro atoms. The molecule has 3 heterocycles. The maximum atomic E-state index is 4.39. The third kappa shape index (κ3) is 2.95. The maximum Gasteiger partial charge on any atom is 0.223 e. The van der Waals surface area contributed by atoms with Crippen molar-refractivity contribution in [3.8, 4) is 17.2 Å². The van der Waals surface area contributed by atoms with Gasteiger partial charge in [0.25, 0.3) is 0 Å². The second kappa shape index (κ2) is 6.25. The summed E-state index contributed by atoms with van der Waals surface area (Å²) >= 11 is 0. The minimum Gasteiger partial charge on any atom is -0.340 e. The molecule has 0 fully saturated rings. The SMILES string of the molecule is c1ccc(Nc2cccc(-n3nnc(-c4ccccn4)n3)c2)nc1. The van der Waals surface area contributed by atoms with Gasteiger partial charge < -0.3 is 5.32 Å². The number of benzene rings is 1. The lowest BCUT2D eigenvalue weighted by Crippen LogP contribution is -2.00. The van der Waals surface area contributed by atoms with Gasteiger partial charge >= 0.3 is 0 Å². The van der Waals surface area contributed by atoms with E-state index in [2.05, 4.69) is 30.7 Å². The van der Waals surface area contributed by atoms with Crippen LogP contribution in [0.4, 0.5) is 11.5 Å². The van der Waals surface area contributed by atoms with Crippen molar-refractivity contribution in [2.24, 2.45) is 0 Å². The molecule has 3 aromatic heterocycles. The molecule has 0 unspecified atom stereocenters. The Labute approximate surface area is 138 Å². The first-order chi connectivity index (χ1) is 11.9. The Kier molecular flexibility index (Phi) is 3.65. The molecule has 0 aliphatic carbocycles. The fourth-order valence-corrected chi connectivity index (χ4v) is 2.21. The number of nitrogens with one attached hydrogen (secondary N) is 1. The van der Waals surface area contributed by atoms with E-state index in [4.69, 9.17) is 0 Å². The summed E-state index contributed by atoms with van der Waals surface area (Å²) in [6.07, 6.45) is 3.44. The van der Waals surface area contributed by atoms with Gasteiger partial charge in [-0.05, 0) is 47.7 Å². The van der Waals surface area contributed by atoms with Crippen LogP contribution in [-0.4, -0.2) is 30.2 Å². The zero-order valence-electron chi connectivity index (χ0n) is 12.6. The summed E-state index contributed by atoms with van der Waals surface area (Å²) < 4.78 is 0. The van der Waals surface area contributed by atoms with E-state index in [1.54, 1.807) is 12.4 Å². The number of hydrogen-bond acceptors (Lipinski definition) is 6. The number of aromatic nitrogens is 6. The highest BCUT2D eigenvalue weighted by Gasteiger charge is 2.08. The van der Waals surface area contributed by atoms with Gasteiger partial charge in [0, 0.05) is 18.1 Å². The fourth-order valence-electron chi connectivity index (χ4n) is 2.21. The number of rotatable bonds is 4. The molecule has 0 saturated heterocycles. The Bertz CT molecular complexity index is 935. The highest BCUT2D eigenvalue weighted by molar-refractivity contribution is 5.59. The smallest absolute Gasteiger partial charge is 0.223 e. The average molecular weight is 315 g/mol. The van der Waals surface area contributed by atoms with Crippen molar-refractivity contribution in [3.63, 3.8) is 0 Å². The molecule has 0 saturated carbocycles. The molecule has 0 aliphatic heterocycles. The molecule has 1 aromatic carbocycles. The van der Waals surface area contributed by atoms with Crippen LogP contribution in [0, 0.1) is 0 Å². The van der Waals surface area contributed by atoms with Crippen LogP contribution in [0.2, 0.25) is 0 Å². The molecule has 24 heavy (non-hydrogen) atoms. The second-order valence-electron chi connectivity index (χ2n) is 5.01. The third-order valence-electron chi connectivity index (χ3n) is 3.32. The van der Waals surface area contributed by atoms with Crippen LogP contribution in [0.3, 0.4) is 0 Å².